The second-order valence-corrected chi connectivity index (χ2v) is 7.05. The average Bonchev–Trinajstić information content (AvgIpc) is 2.86. The summed E-state index contributed by atoms with van der Waals surface area (Å²) >= 11 is 6.82. The van der Waals surface area contributed by atoms with E-state index >= 15 is 0 Å². The molecule has 1 fully saturated rings. The van der Waals surface area contributed by atoms with Gasteiger partial charge >= 0.3 is 0 Å². The molecule has 1 heterocycles. The van der Waals surface area contributed by atoms with Gasteiger partial charge in [-0.05, 0) is 48.0 Å². The van der Waals surface area contributed by atoms with Crippen LogP contribution in [0.15, 0.2) is 53.4 Å². The highest BCUT2D eigenvalue weighted by atomic mass is 35.5. The first-order valence-corrected chi connectivity index (χ1v) is 9.00. The maximum absolute atomic E-state index is 12.5. The number of anilines is 1. The highest BCUT2D eigenvalue weighted by Gasteiger charge is 2.36. The van der Waals surface area contributed by atoms with Crippen molar-refractivity contribution in [1.29, 1.82) is 0 Å². The van der Waals surface area contributed by atoms with Crippen LogP contribution in [0.1, 0.15) is 11.1 Å². The third kappa shape index (κ3) is 3.98. The summed E-state index contributed by atoms with van der Waals surface area (Å²) in [5, 5.41) is 2.52. The largest absolute Gasteiger partial charge is 0.323 e. The maximum atomic E-state index is 12.5. The Hall–Kier alpha value is -2.57. The monoisotopic (exact) mass is 386 g/mol. The Kier molecular flexibility index (Phi) is 5.44. The normalized spacial score (nSPS) is 15.6. The van der Waals surface area contributed by atoms with Gasteiger partial charge in [-0.15, -0.1) is 0 Å². The molecule has 0 aliphatic carbocycles. The van der Waals surface area contributed by atoms with Crippen molar-refractivity contribution in [2.75, 3.05) is 11.9 Å². The molecular weight excluding hydrogens is 372 g/mol. The molecule has 0 spiro atoms. The molecule has 0 unspecified atom stereocenters. The van der Waals surface area contributed by atoms with Crippen molar-refractivity contribution < 1.29 is 14.4 Å². The quantitative estimate of drug-likeness (QED) is 0.794. The second-order valence-electron chi connectivity index (χ2n) is 5.65. The number of amides is 3. The van der Waals surface area contributed by atoms with Crippen molar-refractivity contribution in [3.8, 4) is 0 Å². The first-order valence-electron chi connectivity index (χ1n) is 7.81. The summed E-state index contributed by atoms with van der Waals surface area (Å²) < 4.78 is 0. The first kappa shape index (κ1) is 18.2. The van der Waals surface area contributed by atoms with Crippen LogP contribution < -0.4 is 5.32 Å². The summed E-state index contributed by atoms with van der Waals surface area (Å²) in [5.74, 6) is -0.963. The van der Waals surface area contributed by atoms with Crippen LogP contribution in [0.3, 0.4) is 0 Å². The van der Waals surface area contributed by atoms with Gasteiger partial charge in [-0.25, -0.2) is 0 Å². The number of nitrogens with one attached hydrogen (secondary N) is 1. The smallest absolute Gasteiger partial charge is 0.294 e. The van der Waals surface area contributed by atoms with Gasteiger partial charge in [-0.1, -0.05) is 48.0 Å². The molecule has 2 aromatic carbocycles. The fourth-order valence-corrected chi connectivity index (χ4v) is 3.43. The fraction of sp³-hybridized carbons (Fsp3) is 0.105. The molecule has 5 nitrogen and oxygen atoms in total. The van der Waals surface area contributed by atoms with E-state index in [2.05, 4.69) is 5.32 Å². The molecule has 2 aromatic rings. The molecule has 3 amide bonds. The molecule has 26 heavy (non-hydrogen) atoms. The van der Waals surface area contributed by atoms with Gasteiger partial charge in [0, 0.05) is 0 Å². The van der Waals surface area contributed by atoms with Crippen LogP contribution in [0.2, 0.25) is 5.02 Å². The maximum Gasteiger partial charge on any atom is 0.294 e. The van der Waals surface area contributed by atoms with Gasteiger partial charge in [0.1, 0.15) is 6.54 Å². The molecule has 0 bridgehead atoms. The topological polar surface area (TPSA) is 66.5 Å². The van der Waals surface area contributed by atoms with Crippen molar-refractivity contribution in [2.24, 2.45) is 0 Å². The number of aryl methyl sites for hydroxylation is 1. The number of thioether (sulfide) groups is 1. The summed E-state index contributed by atoms with van der Waals surface area (Å²) in [5.41, 5.74) is 2.29. The van der Waals surface area contributed by atoms with Crippen LogP contribution in [0, 0.1) is 6.92 Å². The predicted octanol–water partition coefficient (Wildman–Crippen LogP) is 4.32. The van der Waals surface area contributed by atoms with Gasteiger partial charge in [0.15, 0.2) is 0 Å². The van der Waals surface area contributed by atoms with Gasteiger partial charge in [-0.2, -0.15) is 0 Å². The molecule has 0 atom stereocenters. The van der Waals surface area contributed by atoms with Crippen molar-refractivity contribution in [3.63, 3.8) is 0 Å². The molecule has 3 rings (SSSR count). The zero-order valence-corrected chi connectivity index (χ0v) is 15.4. The molecule has 1 aliphatic heterocycles. The molecule has 7 heteroatoms. The average molecular weight is 387 g/mol. The van der Waals surface area contributed by atoms with Crippen LogP contribution in [0.25, 0.3) is 6.08 Å². The third-order valence-electron chi connectivity index (χ3n) is 3.80. The Labute approximate surface area is 160 Å². The predicted molar refractivity (Wildman–Crippen MR) is 104 cm³/mol. The van der Waals surface area contributed by atoms with Crippen LogP contribution in [0.5, 0.6) is 0 Å². The Balaban J connectivity index is 1.72. The zero-order chi connectivity index (χ0) is 18.7. The highest BCUT2D eigenvalue weighted by molar-refractivity contribution is 8.18. The van der Waals surface area contributed by atoms with Crippen LogP contribution >= 0.6 is 23.4 Å². The zero-order valence-electron chi connectivity index (χ0n) is 13.9. The molecule has 0 aromatic heterocycles. The van der Waals surface area contributed by atoms with Gasteiger partial charge in [0.25, 0.3) is 11.1 Å². The van der Waals surface area contributed by atoms with Crippen LogP contribution in [-0.4, -0.2) is 28.5 Å². The van der Waals surface area contributed by atoms with Gasteiger partial charge in [0.2, 0.25) is 5.91 Å². The Morgan fingerprint density at radius 3 is 2.58 bits per heavy atom. The van der Waals surface area contributed by atoms with Crippen molar-refractivity contribution in [2.45, 2.75) is 6.92 Å². The molecule has 132 valence electrons. The lowest BCUT2D eigenvalue weighted by Crippen LogP contribution is -2.36. The SMILES string of the molecule is Cc1ccccc1/C=C1/SC(=O)N(CC(=O)Nc2ccccc2Cl)C1=O. The first-order chi connectivity index (χ1) is 12.5. The van der Waals surface area contributed by atoms with E-state index in [0.717, 1.165) is 27.8 Å². The number of hydrogen-bond donors (Lipinski definition) is 1. The third-order valence-corrected chi connectivity index (χ3v) is 5.04. The van der Waals surface area contributed by atoms with Crippen molar-refractivity contribution in [3.05, 3.63) is 69.6 Å². The number of para-hydroxylation sites is 1. The Bertz CT molecular complexity index is 927. The number of nitrogens with zero attached hydrogens (tertiary/aromatic N) is 1. The van der Waals surface area contributed by atoms with Crippen LogP contribution in [0.4, 0.5) is 10.5 Å². The molecular formula is C19H15ClN2O3S. The van der Waals surface area contributed by atoms with E-state index in [9.17, 15) is 14.4 Å². The van der Waals surface area contributed by atoms with Gasteiger partial charge < -0.3 is 5.32 Å². The Morgan fingerprint density at radius 1 is 1.15 bits per heavy atom. The minimum atomic E-state index is -0.488. The second kappa shape index (κ2) is 7.76. The molecule has 1 saturated heterocycles. The minimum absolute atomic E-state index is 0.301. The molecule has 1 aliphatic rings. The lowest BCUT2D eigenvalue weighted by molar-refractivity contribution is -0.127. The molecule has 0 radical (unpaired) electrons. The summed E-state index contributed by atoms with van der Waals surface area (Å²) in [6.45, 7) is 1.56. The summed E-state index contributed by atoms with van der Waals surface area (Å²) in [7, 11) is 0. The number of carbonyl (C=O) groups excluding carboxylic acids is 3. The molecule has 1 N–H and O–H groups in total. The van der Waals surface area contributed by atoms with E-state index < -0.39 is 17.1 Å². The minimum Gasteiger partial charge on any atom is -0.323 e. The summed E-state index contributed by atoms with van der Waals surface area (Å²) in [6.07, 6.45) is 1.67. The number of hydrogen-bond acceptors (Lipinski definition) is 4. The number of imide groups is 1. The van der Waals surface area contributed by atoms with E-state index in [4.69, 9.17) is 11.6 Å². The van der Waals surface area contributed by atoms with E-state index in [1.807, 2.05) is 31.2 Å². The standard InChI is InChI=1S/C19H15ClN2O3S/c1-12-6-2-3-7-13(12)10-16-18(24)22(19(25)26-16)11-17(23)21-15-9-5-4-8-14(15)20/h2-10H,11H2,1H3,(H,21,23)/b16-10+. The fourth-order valence-electron chi connectivity index (χ4n) is 2.42. The van der Waals surface area contributed by atoms with E-state index in [1.165, 1.54) is 0 Å². The van der Waals surface area contributed by atoms with Gasteiger partial charge in [-0.3, -0.25) is 19.3 Å². The molecule has 0 saturated carbocycles. The number of rotatable bonds is 4. The van der Waals surface area contributed by atoms with Crippen molar-refractivity contribution >= 4 is 52.2 Å². The number of halogens is 1. The summed E-state index contributed by atoms with van der Waals surface area (Å²) in [6, 6.07) is 14.3. The van der Waals surface area contributed by atoms with Crippen LogP contribution in [-0.2, 0) is 9.59 Å². The van der Waals surface area contributed by atoms with E-state index in [-0.39, 0.29) is 6.54 Å². The Morgan fingerprint density at radius 2 is 1.85 bits per heavy atom. The van der Waals surface area contributed by atoms with Gasteiger partial charge in [0.05, 0.1) is 15.6 Å². The lowest BCUT2D eigenvalue weighted by Gasteiger charge is -2.13. The summed E-state index contributed by atoms with van der Waals surface area (Å²) in [4.78, 5) is 38.1. The van der Waals surface area contributed by atoms with E-state index in [1.54, 1.807) is 30.3 Å². The highest BCUT2D eigenvalue weighted by Crippen LogP contribution is 2.32. The van der Waals surface area contributed by atoms with E-state index in [0.29, 0.717) is 15.6 Å². The number of benzene rings is 2. The lowest BCUT2D eigenvalue weighted by atomic mass is 10.1. The van der Waals surface area contributed by atoms with Crippen molar-refractivity contribution in [1.82, 2.24) is 4.90 Å². The number of carbonyl (C=O) groups is 3.